The van der Waals surface area contributed by atoms with Gasteiger partial charge in [0.15, 0.2) is 5.92 Å². The third-order valence-corrected chi connectivity index (χ3v) is 4.55. The van der Waals surface area contributed by atoms with E-state index in [1.54, 1.807) is 38.4 Å². The quantitative estimate of drug-likeness (QED) is 0.572. The number of carbonyl (C=O) groups excluding carboxylic acids is 2. The van der Waals surface area contributed by atoms with Crippen molar-refractivity contribution in [1.82, 2.24) is 9.97 Å². The molecule has 0 atom stereocenters. The molecule has 0 aliphatic carbocycles. The van der Waals surface area contributed by atoms with Gasteiger partial charge in [0, 0.05) is 24.5 Å². The number of aryl methyl sites for hydroxylation is 1. The molecule has 142 valence electrons. The molecule has 0 N–H and O–H groups in total. The number of anilines is 2. The first-order valence-corrected chi connectivity index (χ1v) is 9.08. The van der Waals surface area contributed by atoms with Gasteiger partial charge in [0.2, 0.25) is 5.95 Å². The van der Waals surface area contributed by atoms with E-state index in [4.69, 9.17) is 9.47 Å². The van der Waals surface area contributed by atoms with E-state index in [0.29, 0.717) is 18.1 Å². The molecular weight excluding hydrogens is 346 g/mol. The van der Waals surface area contributed by atoms with Gasteiger partial charge in [-0.2, -0.15) is 0 Å². The predicted octanol–water partition coefficient (Wildman–Crippen LogP) is 2.69. The van der Waals surface area contributed by atoms with E-state index in [0.717, 1.165) is 23.2 Å². The van der Waals surface area contributed by atoms with E-state index >= 15 is 0 Å². The Morgan fingerprint density at radius 3 is 2.33 bits per heavy atom. The Balaban J connectivity index is 2.13. The Morgan fingerprint density at radius 2 is 1.74 bits per heavy atom. The molecule has 7 heteroatoms. The van der Waals surface area contributed by atoms with Gasteiger partial charge in [-0.05, 0) is 44.4 Å². The zero-order chi connectivity index (χ0) is 19.4. The molecule has 0 fully saturated rings. The van der Waals surface area contributed by atoms with Gasteiger partial charge in [-0.3, -0.25) is 9.59 Å². The fourth-order valence-electron chi connectivity index (χ4n) is 3.39. The van der Waals surface area contributed by atoms with E-state index in [-0.39, 0.29) is 13.2 Å². The summed E-state index contributed by atoms with van der Waals surface area (Å²) >= 11 is 0. The van der Waals surface area contributed by atoms with E-state index in [1.807, 2.05) is 17.9 Å². The number of carbonyl (C=O) groups is 2. The Morgan fingerprint density at radius 1 is 1.11 bits per heavy atom. The number of rotatable bonds is 6. The second-order valence-electron chi connectivity index (χ2n) is 6.19. The summed E-state index contributed by atoms with van der Waals surface area (Å²) in [6, 6.07) is 5.47. The molecule has 2 heterocycles. The number of hydrogen-bond acceptors (Lipinski definition) is 7. The van der Waals surface area contributed by atoms with Crippen molar-refractivity contribution < 1.29 is 19.1 Å². The third kappa shape index (κ3) is 3.63. The van der Waals surface area contributed by atoms with Gasteiger partial charge in [-0.1, -0.05) is 12.1 Å². The van der Waals surface area contributed by atoms with Crippen molar-refractivity contribution in [3.8, 4) is 0 Å². The number of fused-ring (bicyclic) bond motifs is 1. The average Bonchev–Trinajstić information content (AvgIpc) is 3.11. The van der Waals surface area contributed by atoms with Crippen LogP contribution in [0.3, 0.4) is 0 Å². The minimum absolute atomic E-state index is 0.189. The van der Waals surface area contributed by atoms with Crippen molar-refractivity contribution in [3.63, 3.8) is 0 Å². The molecule has 1 aromatic heterocycles. The van der Waals surface area contributed by atoms with Crippen LogP contribution < -0.4 is 4.90 Å². The smallest absolute Gasteiger partial charge is 0.324 e. The molecule has 0 amide bonds. The van der Waals surface area contributed by atoms with Crippen LogP contribution in [-0.2, 0) is 25.5 Å². The van der Waals surface area contributed by atoms with Gasteiger partial charge in [0.05, 0.1) is 18.9 Å². The fraction of sp³-hybridized carbons (Fsp3) is 0.400. The van der Waals surface area contributed by atoms with Crippen LogP contribution in [-0.4, -0.2) is 41.7 Å². The minimum Gasteiger partial charge on any atom is -0.465 e. The first-order chi connectivity index (χ1) is 13.1. The van der Waals surface area contributed by atoms with Crippen molar-refractivity contribution in [2.45, 2.75) is 33.1 Å². The first kappa shape index (κ1) is 18.8. The number of esters is 2. The molecular formula is C20H23N3O4. The van der Waals surface area contributed by atoms with E-state index in [2.05, 4.69) is 9.97 Å². The van der Waals surface area contributed by atoms with Crippen LogP contribution in [0.5, 0.6) is 0 Å². The summed E-state index contributed by atoms with van der Waals surface area (Å²) in [6.45, 7) is 6.49. The zero-order valence-corrected chi connectivity index (χ0v) is 15.8. The molecule has 1 aliphatic heterocycles. The summed E-state index contributed by atoms with van der Waals surface area (Å²) in [5.74, 6) is -1.82. The molecule has 0 saturated heterocycles. The topological polar surface area (TPSA) is 81.6 Å². The number of nitrogens with zero attached hydrogens (tertiary/aromatic N) is 3. The molecule has 0 spiro atoms. The minimum atomic E-state index is -1.14. The highest BCUT2D eigenvalue weighted by molar-refractivity contribution is 6.03. The van der Waals surface area contributed by atoms with Gasteiger partial charge < -0.3 is 14.4 Å². The highest BCUT2D eigenvalue weighted by Gasteiger charge is 2.38. The fourth-order valence-corrected chi connectivity index (χ4v) is 3.39. The number of benzene rings is 1. The van der Waals surface area contributed by atoms with Crippen LogP contribution in [0.1, 0.15) is 36.5 Å². The predicted molar refractivity (Wildman–Crippen MR) is 99.9 cm³/mol. The van der Waals surface area contributed by atoms with Gasteiger partial charge in [0.1, 0.15) is 0 Å². The first-order valence-electron chi connectivity index (χ1n) is 9.08. The summed E-state index contributed by atoms with van der Waals surface area (Å²) in [6.07, 6.45) is 4.12. The number of ether oxygens (including phenoxy) is 2. The highest BCUT2D eigenvalue weighted by atomic mass is 16.6. The normalized spacial score (nSPS) is 12.8. The van der Waals surface area contributed by atoms with Crippen molar-refractivity contribution >= 4 is 23.6 Å². The van der Waals surface area contributed by atoms with Gasteiger partial charge >= 0.3 is 11.9 Å². The lowest BCUT2D eigenvalue weighted by Crippen LogP contribution is -2.28. The van der Waals surface area contributed by atoms with Crippen molar-refractivity contribution in [2.24, 2.45) is 0 Å². The molecule has 0 radical (unpaired) electrons. The van der Waals surface area contributed by atoms with Gasteiger partial charge in [-0.15, -0.1) is 0 Å². The second kappa shape index (κ2) is 8.16. The maximum atomic E-state index is 12.6. The summed E-state index contributed by atoms with van der Waals surface area (Å²) in [5, 5.41) is 0. The Labute approximate surface area is 158 Å². The maximum absolute atomic E-state index is 12.6. The number of hydrogen-bond donors (Lipinski definition) is 0. The lowest BCUT2D eigenvalue weighted by molar-refractivity contribution is -0.156. The monoisotopic (exact) mass is 369 g/mol. The lowest BCUT2D eigenvalue weighted by Gasteiger charge is -2.24. The van der Waals surface area contributed by atoms with Gasteiger partial charge in [0.25, 0.3) is 0 Å². The molecule has 0 bridgehead atoms. The average molecular weight is 369 g/mol. The Bertz CT molecular complexity index is 821. The van der Waals surface area contributed by atoms with Crippen LogP contribution >= 0.6 is 0 Å². The van der Waals surface area contributed by atoms with Crippen molar-refractivity contribution in [2.75, 3.05) is 24.7 Å². The molecule has 1 aliphatic rings. The van der Waals surface area contributed by atoms with Crippen LogP contribution in [0.2, 0.25) is 0 Å². The molecule has 0 saturated carbocycles. The van der Waals surface area contributed by atoms with E-state index in [1.165, 1.54) is 0 Å². The molecule has 27 heavy (non-hydrogen) atoms. The van der Waals surface area contributed by atoms with Crippen LogP contribution in [0.25, 0.3) is 0 Å². The molecule has 2 aromatic rings. The highest BCUT2D eigenvalue weighted by Crippen LogP contribution is 2.41. The second-order valence-corrected chi connectivity index (χ2v) is 6.19. The summed E-state index contributed by atoms with van der Waals surface area (Å²) in [5.41, 5.74) is 3.54. The van der Waals surface area contributed by atoms with Crippen molar-refractivity contribution in [3.05, 3.63) is 47.3 Å². The summed E-state index contributed by atoms with van der Waals surface area (Å²) in [7, 11) is 0. The molecule has 0 unspecified atom stereocenters. The standard InChI is InChI=1S/C20H23N3O4/c1-4-26-18(24)16(19(25)27-5-2)15-8-7-13(3)14-9-12-23(17(14)15)20-21-10-6-11-22-20/h6-8,10-11,16H,4-5,9,12H2,1-3H3. The lowest BCUT2D eigenvalue weighted by atomic mass is 9.92. The summed E-state index contributed by atoms with van der Waals surface area (Å²) < 4.78 is 10.3. The van der Waals surface area contributed by atoms with E-state index in [9.17, 15) is 9.59 Å². The largest absolute Gasteiger partial charge is 0.465 e. The molecule has 7 nitrogen and oxygen atoms in total. The Kier molecular flexibility index (Phi) is 5.69. The van der Waals surface area contributed by atoms with Crippen LogP contribution in [0, 0.1) is 6.92 Å². The number of aromatic nitrogens is 2. The van der Waals surface area contributed by atoms with Crippen molar-refractivity contribution in [1.29, 1.82) is 0 Å². The Hall–Kier alpha value is -2.96. The SMILES string of the molecule is CCOC(=O)C(C(=O)OCC)c1ccc(C)c2c1N(c1ncccn1)CC2. The molecule has 1 aromatic carbocycles. The summed E-state index contributed by atoms with van der Waals surface area (Å²) in [4.78, 5) is 35.8. The van der Waals surface area contributed by atoms with Crippen LogP contribution in [0.4, 0.5) is 11.6 Å². The zero-order valence-electron chi connectivity index (χ0n) is 15.8. The molecule has 3 rings (SSSR count). The van der Waals surface area contributed by atoms with Gasteiger partial charge in [-0.25, -0.2) is 9.97 Å². The van der Waals surface area contributed by atoms with Crippen LogP contribution in [0.15, 0.2) is 30.6 Å². The third-order valence-electron chi connectivity index (χ3n) is 4.55. The maximum Gasteiger partial charge on any atom is 0.324 e. The van der Waals surface area contributed by atoms with E-state index < -0.39 is 17.9 Å².